The molecule has 0 fully saturated rings. The average molecular weight is 384 g/mol. The smallest absolute Gasteiger partial charge is 0.246 e. The Bertz CT molecular complexity index is 1080. The van der Waals surface area contributed by atoms with Crippen LogP contribution in [0.5, 0.6) is 0 Å². The molecule has 5 nitrogen and oxygen atoms in total. The lowest BCUT2D eigenvalue weighted by atomic mass is 10.1. The van der Waals surface area contributed by atoms with Crippen LogP contribution < -0.4 is 10.6 Å². The first-order valence-corrected chi connectivity index (χ1v) is 9.68. The fourth-order valence-electron chi connectivity index (χ4n) is 3.55. The Kier molecular flexibility index (Phi) is 5.40. The van der Waals surface area contributed by atoms with E-state index in [1.807, 2.05) is 91.3 Å². The highest BCUT2D eigenvalue weighted by Gasteiger charge is 2.21. The number of carbonyl (C=O) groups excluding carboxylic acids is 1. The zero-order valence-corrected chi connectivity index (χ0v) is 16.6. The first-order chi connectivity index (χ1) is 14.1. The number of hydrogen-bond acceptors (Lipinski definition) is 3. The molecule has 4 aromatic rings. The van der Waals surface area contributed by atoms with Gasteiger partial charge in [0.1, 0.15) is 11.7 Å². The number of aromatic nitrogens is 2. The SMILES string of the molecule is Cc1cc(C)cc(NC(=O)[C@@H](NCc2cn3ccccc3n2)c2ccccc2)c1. The number of fused-ring (bicyclic) bond motifs is 1. The van der Waals surface area contributed by atoms with Crippen molar-refractivity contribution < 1.29 is 4.79 Å². The number of hydrogen-bond donors (Lipinski definition) is 2. The number of rotatable bonds is 6. The van der Waals surface area contributed by atoms with Crippen LogP contribution in [0.2, 0.25) is 0 Å². The molecule has 2 aromatic carbocycles. The van der Waals surface area contributed by atoms with Gasteiger partial charge < -0.3 is 9.72 Å². The molecular formula is C24H24N4O. The van der Waals surface area contributed by atoms with Crippen molar-refractivity contribution in [2.24, 2.45) is 0 Å². The van der Waals surface area contributed by atoms with Gasteiger partial charge in [-0.3, -0.25) is 10.1 Å². The standard InChI is InChI=1S/C24H24N4O/c1-17-12-18(2)14-20(13-17)27-24(29)23(19-8-4-3-5-9-19)25-15-21-16-28-11-7-6-10-22(28)26-21/h3-14,16,23,25H,15H2,1-2H3,(H,27,29)/t23-/m0/s1. The van der Waals surface area contributed by atoms with Crippen molar-refractivity contribution in [1.29, 1.82) is 0 Å². The Labute approximate surface area is 170 Å². The number of benzene rings is 2. The number of nitrogens with zero attached hydrogens (tertiary/aromatic N) is 2. The molecule has 0 aliphatic rings. The van der Waals surface area contributed by atoms with E-state index in [0.717, 1.165) is 33.7 Å². The summed E-state index contributed by atoms with van der Waals surface area (Å²) in [5.41, 5.74) is 5.74. The molecule has 0 spiro atoms. The van der Waals surface area contributed by atoms with Crippen molar-refractivity contribution >= 4 is 17.2 Å². The molecule has 0 bridgehead atoms. The molecule has 5 heteroatoms. The molecule has 0 saturated carbocycles. The van der Waals surface area contributed by atoms with Crippen LogP contribution in [0.15, 0.2) is 79.1 Å². The summed E-state index contributed by atoms with van der Waals surface area (Å²) in [4.78, 5) is 17.7. The van der Waals surface area contributed by atoms with E-state index >= 15 is 0 Å². The van der Waals surface area contributed by atoms with Crippen LogP contribution in [-0.4, -0.2) is 15.3 Å². The normalized spacial score (nSPS) is 12.1. The van der Waals surface area contributed by atoms with Crippen molar-refractivity contribution in [2.75, 3.05) is 5.32 Å². The molecule has 1 amide bonds. The van der Waals surface area contributed by atoms with Gasteiger partial charge in [-0.1, -0.05) is 42.5 Å². The number of carbonyl (C=O) groups is 1. The van der Waals surface area contributed by atoms with Crippen molar-refractivity contribution in [3.63, 3.8) is 0 Å². The van der Waals surface area contributed by atoms with Crippen molar-refractivity contribution in [3.05, 3.63) is 102 Å². The van der Waals surface area contributed by atoms with Gasteiger partial charge in [0, 0.05) is 24.6 Å². The highest BCUT2D eigenvalue weighted by Crippen LogP contribution is 2.19. The molecule has 0 unspecified atom stereocenters. The van der Waals surface area contributed by atoms with Crippen LogP contribution in [0.1, 0.15) is 28.4 Å². The summed E-state index contributed by atoms with van der Waals surface area (Å²) in [6.45, 7) is 4.54. The molecule has 0 radical (unpaired) electrons. The maximum absolute atomic E-state index is 13.1. The average Bonchev–Trinajstić information content (AvgIpc) is 3.11. The number of nitrogens with one attached hydrogen (secondary N) is 2. The maximum Gasteiger partial charge on any atom is 0.246 e. The largest absolute Gasteiger partial charge is 0.324 e. The quantitative estimate of drug-likeness (QED) is 0.517. The Hall–Kier alpha value is -3.44. The molecule has 2 aromatic heterocycles. The lowest BCUT2D eigenvalue weighted by Crippen LogP contribution is -2.32. The third kappa shape index (κ3) is 4.52. The van der Waals surface area contributed by atoms with Gasteiger partial charge >= 0.3 is 0 Å². The van der Waals surface area contributed by atoms with Crippen molar-refractivity contribution in [3.8, 4) is 0 Å². The predicted molar refractivity (Wildman–Crippen MR) is 116 cm³/mol. The molecule has 1 atom stereocenters. The number of amides is 1. The minimum atomic E-state index is -0.484. The van der Waals surface area contributed by atoms with Crippen LogP contribution in [-0.2, 0) is 11.3 Å². The van der Waals surface area contributed by atoms with E-state index in [9.17, 15) is 4.79 Å². The Morgan fingerprint density at radius 1 is 1.00 bits per heavy atom. The summed E-state index contributed by atoms with van der Waals surface area (Å²) >= 11 is 0. The number of pyridine rings is 1. The van der Waals surface area contributed by atoms with Crippen LogP contribution in [0.25, 0.3) is 5.65 Å². The monoisotopic (exact) mass is 384 g/mol. The molecule has 146 valence electrons. The second-order valence-electron chi connectivity index (χ2n) is 7.29. The van der Waals surface area contributed by atoms with Crippen LogP contribution in [0.4, 0.5) is 5.69 Å². The lowest BCUT2D eigenvalue weighted by molar-refractivity contribution is -0.118. The Balaban J connectivity index is 1.55. The van der Waals surface area contributed by atoms with E-state index in [1.54, 1.807) is 0 Å². The minimum absolute atomic E-state index is 0.0926. The summed E-state index contributed by atoms with van der Waals surface area (Å²) in [5, 5.41) is 6.43. The summed E-state index contributed by atoms with van der Waals surface area (Å²) in [6, 6.07) is 21.2. The third-order valence-corrected chi connectivity index (χ3v) is 4.79. The van der Waals surface area contributed by atoms with E-state index in [-0.39, 0.29) is 5.91 Å². The minimum Gasteiger partial charge on any atom is -0.324 e. The highest BCUT2D eigenvalue weighted by atomic mass is 16.2. The number of aryl methyl sites for hydroxylation is 2. The molecule has 0 saturated heterocycles. The number of imidazole rings is 1. The first kappa shape index (κ1) is 18.9. The Morgan fingerprint density at radius 2 is 1.72 bits per heavy atom. The van der Waals surface area contributed by atoms with Gasteiger partial charge in [-0.25, -0.2) is 4.98 Å². The molecule has 29 heavy (non-hydrogen) atoms. The molecule has 2 N–H and O–H groups in total. The van der Waals surface area contributed by atoms with Gasteiger partial charge in [-0.15, -0.1) is 0 Å². The van der Waals surface area contributed by atoms with Gasteiger partial charge in [0.15, 0.2) is 0 Å². The molecule has 0 aliphatic carbocycles. The topological polar surface area (TPSA) is 58.4 Å². The maximum atomic E-state index is 13.1. The van der Waals surface area contributed by atoms with E-state index < -0.39 is 6.04 Å². The van der Waals surface area contributed by atoms with Crippen LogP contribution >= 0.6 is 0 Å². The van der Waals surface area contributed by atoms with Gasteiger partial charge in [0.2, 0.25) is 5.91 Å². The summed E-state index contributed by atoms with van der Waals surface area (Å²) in [5.74, 6) is -0.0926. The van der Waals surface area contributed by atoms with Gasteiger partial charge in [-0.2, -0.15) is 0 Å². The number of anilines is 1. The van der Waals surface area contributed by atoms with E-state index in [2.05, 4.69) is 21.7 Å². The zero-order chi connectivity index (χ0) is 20.2. The molecule has 2 heterocycles. The van der Waals surface area contributed by atoms with Crippen molar-refractivity contribution in [1.82, 2.24) is 14.7 Å². The fraction of sp³-hybridized carbons (Fsp3) is 0.167. The molecule has 0 aliphatic heterocycles. The first-order valence-electron chi connectivity index (χ1n) is 9.68. The molecule has 4 rings (SSSR count). The summed E-state index contributed by atoms with van der Waals surface area (Å²) < 4.78 is 1.98. The van der Waals surface area contributed by atoms with E-state index in [0.29, 0.717) is 6.54 Å². The third-order valence-electron chi connectivity index (χ3n) is 4.79. The Morgan fingerprint density at radius 3 is 2.45 bits per heavy atom. The zero-order valence-electron chi connectivity index (χ0n) is 16.6. The van der Waals surface area contributed by atoms with Crippen LogP contribution in [0.3, 0.4) is 0 Å². The summed E-state index contributed by atoms with van der Waals surface area (Å²) in [6.07, 6.45) is 3.94. The summed E-state index contributed by atoms with van der Waals surface area (Å²) in [7, 11) is 0. The molecular weight excluding hydrogens is 360 g/mol. The second-order valence-corrected chi connectivity index (χ2v) is 7.29. The fourth-order valence-corrected chi connectivity index (χ4v) is 3.55. The highest BCUT2D eigenvalue weighted by molar-refractivity contribution is 5.95. The van der Waals surface area contributed by atoms with Crippen molar-refractivity contribution in [2.45, 2.75) is 26.4 Å². The van der Waals surface area contributed by atoms with E-state index in [4.69, 9.17) is 0 Å². The van der Waals surface area contributed by atoms with Gasteiger partial charge in [0.05, 0.1) is 5.69 Å². The second kappa shape index (κ2) is 8.29. The van der Waals surface area contributed by atoms with Crippen LogP contribution in [0, 0.1) is 13.8 Å². The van der Waals surface area contributed by atoms with E-state index in [1.165, 1.54) is 0 Å². The van der Waals surface area contributed by atoms with Gasteiger partial charge in [0.25, 0.3) is 0 Å². The predicted octanol–water partition coefficient (Wildman–Crippen LogP) is 4.42. The van der Waals surface area contributed by atoms with Gasteiger partial charge in [-0.05, 0) is 54.8 Å². The lowest BCUT2D eigenvalue weighted by Gasteiger charge is -2.19.